The maximum absolute atomic E-state index is 13.5. The molecule has 118 valence electrons. The Balaban J connectivity index is 1.61. The van der Waals surface area contributed by atoms with Crippen molar-refractivity contribution in [1.29, 1.82) is 0 Å². The molecule has 2 aliphatic rings. The van der Waals surface area contributed by atoms with Crippen LogP contribution in [0.25, 0.3) is 0 Å². The van der Waals surface area contributed by atoms with Gasteiger partial charge in [-0.25, -0.2) is 4.39 Å². The summed E-state index contributed by atoms with van der Waals surface area (Å²) in [5, 5.41) is 0. The van der Waals surface area contributed by atoms with Crippen LogP contribution in [0.15, 0.2) is 34.8 Å². The number of hydrogen-bond donors (Lipinski definition) is 0. The summed E-state index contributed by atoms with van der Waals surface area (Å²) in [5.74, 6) is 0.876. The maximum atomic E-state index is 13.5. The fourth-order valence-corrected chi connectivity index (χ4v) is 3.44. The molecular weight excluding hydrogens is 365 g/mol. The lowest BCUT2D eigenvalue weighted by Crippen LogP contribution is -2.36. The molecule has 0 aliphatic carbocycles. The van der Waals surface area contributed by atoms with Gasteiger partial charge in [0.05, 0.1) is 0 Å². The number of ether oxygens (including phenoxy) is 2. The molecule has 0 N–H and O–H groups in total. The van der Waals surface area contributed by atoms with Gasteiger partial charge in [0.2, 0.25) is 6.79 Å². The number of carbonyl (C=O) groups is 1. The zero-order valence-corrected chi connectivity index (χ0v) is 13.7. The molecule has 1 amide bonds. The number of fused-ring (bicyclic) bond motifs is 2. The molecule has 0 aromatic heterocycles. The monoisotopic (exact) mass is 377 g/mol. The van der Waals surface area contributed by atoms with E-state index in [0.29, 0.717) is 28.9 Å². The van der Waals surface area contributed by atoms with Crippen LogP contribution >= 0.6 is 15.9 Å². The average molecular weight is 378 g/mol. The van der Waals surface area contributed by atoms with Crippen LogP contribution in [0.3, 0.4) is 0 Å². The first-order chi connectivity index (χ1) is 11.1. The Kier molecular flexibility index (Phi) is 3.49. The zero-order valence-electron chi connectivity index (χ0n) is 12.1. The average Bonchev–Trinajstić information content (AvgIpc) is 2.97. The van der Waals surface area contributed by atoms with Crippen molar-refractivity contribution in [3.63, 3.8) is 0 Å². The predicted octanol–water partition coefficient (Wildman–Crippen LogP) is 3.52. The van der Waals surface area contributed by atoms with E-state index < -0.39 is 5.82 Å². The van der Waals surface area contributed by atoms with Gasteiger partial charge in [0, 0.05) is 23.1 Å². The Morgan fingerprint density at radius 3 is 2.57 bits per heavy atom. The summed E-state index contributed by atoms with van der Waals surface area (Å²) < 4.78 is 24.9. The molecule has 4 nitrogen and oxygen atoms in total. The molecule has 0 atom stereocenters. The third-order valence-corrected chi connectivity index (χ3v) is 4.56. The van der Waals surface area contributed by atoms with E-state index >= 15 is 0 Å². The van der Waals surface area contributed by atoms with Crippen molar-refractivity contribution >= 4 is 21.8 Å². The molecule has 0 spiro atoms. The van der Waals surface area contributed by atoms with Crippen molar-refractivity contribution < 1.29 is 18.7 Å². The Labute approximate surface area is 140 Å². The lowest BCUT2D eigenvalue weighted by Gasteiger charge is -2.29. The number of halogens is 2. The second kappa shape index (κ2) is 5.53. The molecule has 2 aromatic carbocycles. The standard InChI is InChI=1S/C17H13BrFNO3/c18-13-3-11(4-14(19)7-13)17(21)20-2-1-10-5-15-16(23-9-22-15)6-12(10)8-20/h3-7H,1-2,8-9H2. The molecule has 2 aliphatic heterocycles. The summed E-state index contributed by atoms with van der Waals surface area (Å²) in [6.07, 6.45) is 0.744. The van der Waals surface area contributed by atoms with Crippen LogP contribution in [0, 0.1) is 5.82 Å². The summed E-state index contributed by atoms with van der Waals surface area (Å²) in [4.78, 5) is 14.4. The Morgan fingerprint density at radius 2 is 1.83 bits per heavy atom. The van der Waals surface area contributed by atoms with Crippen molar-refractivity contribution in [1.82, 2.24) is 4.90 Å². The predicted molar refractivity (Wildman–Crippen MR) is 85.1 cm³/mol. The van der Waals surface area contributed by atoms with E-state index in [4.69, 9.17) is 9.47 Å². The van der Waals surface area contributed by atoms with Gasteiger partial charge in [0.1, 0.15) is 5.82 Å². The summed E-state index contributed by atoms with van der Waals surface area (Å²) in [6, 6.07) is 8.16. The molecule has 0 radical (unpaired) electrons. The molecule has 0 bridgehead atoms. The van der Waals surface area contributed by atoms with E-state index in [1.807, 2.05) is 12.1 Å². The molecule has 2 aromatic rings. The van der Waals surface area contributed by atoms with E-state index in [9.17, 15) is 9.18 Å². The number of rotatable bonds is 1. The van der Waals surface area contributed by atoms with Crippen molar-refractivity contribution in [3.8, 4) is 11.5 Å². The van der Waals surface area contributed by atoms with E-state index in [0.717, 1.165) is 17.7 Å². The van der Waals surface area contributed by atoms with Crippen molar-refractivity contribution in [2.45, 2.75) is 13.0 Å². The molecule has 2 heterocycles. The van der Waals surface area contributed by atoms with Crippen LogP contribution in [0.5, 0.6) is 11.5 Å². The fourth-order valence-electron chi connectivity index (χ4n) is 2.98. The second-order valence-corrected chi connectivity index (χ2v) is 6.52. The van der Waals surface area contributed by atoms with Crippen molar-refractivity contribution in [3.05, 3.63) is 57.3 Å². The Bertz CT molecular complexity index is 788. The quantitative estimate of drug-likeness (QED) is 0.763. The normalized spacial score (nSPS) is 15.5. The minimum atomic E-state index is -0.427. The maximum Gasteiger partial charge on any atom is 0.254 e. The van der Waals surface area contributed by atoms with Crippen LogP contribution in [0.2, 0.25) is 0 Å². The summed E-state index contributed by atoms with van der Waals surface area (Å²) >= 11 is 3.22. The molecule has 4 rings (SSSR count). The summed E-state index contributed by atoms with van der Waals surface area (Å²) in [6.45, 7) is 1.32. The number of nitrogens with zero attached hydrogens (tertiary/aromatic N) is 1. The third-order valence-electron chi connectivity index (χ3n) is 4.10. The zero-order chi connectivity index (χ0) is 16.0. The first-order valence-corrected chi connectivity index (χ1v) is 8.06. The minimum absolute atomic E-state index is 0.173. The Hall–Kier alpha value is -2.08. The number of amides is 1. The van der Waals surface area contributed by atoms with E-state index in [1.54, 1.807) is 11.0 Å². The van der Waals surface area contributed by atoms with Crippen LogP contribution in [-0.4, -0.2) is 24.1 Å². The van der Waals surface area contributed by atoms with Crippen LogP contribution in [-0.2, 0) is 13.0 Å². The summed E-state index contributed by atoms with van der Waals surface area (Å²) in [7, 11) is 0. The Morgan fingerprint density at radius 1 is 1.09 bits per heavy atom. The molecule has 0 unspecified atom stereocenters. The SMILES string of the molecule is O=C(c1cc(F)cc(Br)c1)N1CCc2cc3c(cc2C1)OCO3. The van der Waals surface area contributed by atoms with Gasteiger partial charge < -0.3 is 14.4 Å². The highest BCUT2D eigenvalue weighted by Crippen LogP contribution is 2.37. The molecule has 23 heavy (non-hydrogen) atoms. The number of hydrogen-bond acceptors (Lipinski definition) is 3. The molecule has 0 saturated heterocycles. The first-order valence-electron chi connectivity index (χ1n) is 7.27. The highest BCUT2D eigenvalue weighted by molar-refractivity contribution is 9.10. The second-order valence-electron chi connectivity index (χ2n) is 5.61. The van der Waals surface area contributed by atoms with Gasteiger partial charge in [-0.1, -0.05) is 15.9 Å². The summed E-state index contributed by atoms with van der Waals surface area (Å²) in [5.41, 5.74) is 2.56. The number of carbonyl (C=O) groups excluding carboxylic acids is 1. The first kappa shape index (κ1) is 14.5. The van der Waals surface area contributed by atoms with Crippen molar-refractivity contribution in [2.75, 3.05) is 13.3 Å². The lowest BCUT2D eigenvalue weighted by molar-refractivity contribution is 0.0734. The van der Waals surface area contributed by atoms with Gasteiger partial charge in [-0.3, -0.25) is 4.79 Å². The van der Waals surface area contributed by atoms with E-state index in [2.05, 4.69) is 15.9 Å². The largest absolute Gasteiger partial charge is 0.454 e. The lowest BCUT2D eigenvalue weighted by atomic mass is 9.98. The smallest absolute Gasteiger partial charge is 0.254 e. The van der Waals surface area contributed by atoms with E-state index in [1.165, 1.54) is 17.7 Å². The van der Waals surface area contributed by atoms with Crippen molar-refractivity contribution in [2.24, 2.45) is 0 Å². The highest BCUT2D eigenvalue weighted by Gasteiger charge is 2.25. The topological polar surface area (TPSA) is 38.8 Å². The van der Waals surface area contributed by atoms with Crippen LogP contribution in [0.4, 0.5) is 4.39 Å². The molecule has 6 heteroatoms. The third kappa shape index (κ3) is 2.67. The molecule has 0 fully saturated rings. The van der Waals surface area contributed by atoms with Crippen LogP contribution in [0.1, 0.15) is 21.5 Å². The number of benzene rings is 2. The van der Waals surface area contributed by atoms with Crippen LogP contribution < -0.4 is 9.47 Å². The molecule has 0 saturated carbocycles. The van der Waals surface area contributed by atoms with Gasteiger partial charge >= 0.3 is 0 Å². The van der Waals surface area contributed by atoms with Gasteiger partial charge in [-0.15, -0.1) is 0 Å². The van der Waals surface area contributed by atoms with E-state index in [-0.39, 0.29) is 12.7 Å². The van der Waals surface area contributed by atoms with Gasteiger partial charge in [0.15, 0.2) is 11.5 Å². The molecular formula is C17H13BrFNO3. The van der Waals surface area contributed by atoms with Gasteiger partial charge in [-0.2, -0.15) is 0 Å². The highest BCUT2D eigenvalue weighted by atomic mass is 79.9. The van der Waals surface area contributed by atoms with Gasteiger partial charge in [-0.05, 0) is 47.9 Å². The minimum Gasteiger partial charge on any atom is -0.454 e. The van der Waals surface area contributed by atoms with Gasteiger partial charge in [0.25, 0.3) is 5.91 Å². The fraction of sp³-hybridized carbons (Fsp3) is 0.235.